The summed E-state index contributed by atoms with van der Waals surface area (Å²) in [5.74, 6) is 13.8. The van der Waals surface area contributed by atoms with Crippen LogP contribution >= 0.6 is 0 Å². The van der Waals surface area contributed by atoms with Crippen LogP contribution < -0.4 is 0 Å². The van der Waals surface area contributed by atoms with Crippen LogP contribution in [0.1, 0.15) is 22.3 Å². The Hall–Kier alpha value is -7.69. The zero-order chi connectivity index (χ0) is 48.6. The Morgan fingerprint density at radius 3 is 0.800 bits per heavy atom. The van der Waals surface area contributed by atoms with Crippen molar-refractivity contribution >= 4 is 72.6 Å². The molecule has 0 radical (unpaired) electrons. The second-order valence-corrected chi connectivity index (χ2v) is 28.1. The maximum atomic E-state index is 6.90. The minimum atomic E-state index is -1.98. The number of allylic oxidation sites excluding steroid dienone is 2. The Morgan fingerprint density at radius 2 is 0.557 bits per heavy atom. The Kier molecular flexibility index (Phi) is 13.9. The van der Waals surface area contributed by atoms with Crippen LogP contribution in [0.4, 0.5) is 0 Å². The minimum Gasteiger partial charge on any atom is -0.395 e. The highest BCUT2D eigenvalue weighted by Crippen LogP contribution is 2.38. The molecule has 10 aromatic rings. The lowest BCUT2D eigenvalue weighted by Gasteiger charge is -2.36. The predicted molar refractivity (Wildman–Crippen MR) is 301 cm³/mol. The number of rotatable bonds is 10. The van der Waals surface area contributed by atoms with Gasteiger partial charge < -0.3 is 18.0 Å². The van der Waals surface area contributed by atoms with Crippen molar-refractivity contribution in [3.8, 4) is 23.7 Å². The van der Waals surface area contributed by atoms with E-state index in [9.17, 15) is 0 Å². The third-order valence-electron chi connectivity index (χ3n) is 12.0. The van der Waals surface area contributed by atoms with E-state index in [2.05, 4.69) is 279 Å². The average molecular weight is 943 g/mol. The Balaban J connectivity index is 0.000000174. The third kappa shape index (κ3) is 10.2. The summed E-state index contributed by atoms with van der Waals surface area (Å²) in [6, 6.07) is 75.4. The Morgan fingerprint density at radius 1 is 0.329 bits per heavy atom. The lowest BCUT2D eigenvalue weighted by atomic mass is 9.87. The summed E-state index contributed by atoms with van der Waals surface area (Å²) in [6.07, 6.45) is 8.00. The van der Waals surface area contributed by atoms with Crippen molar-refractivity contribution in [3.05, 3.63) is 253 Å². The molecule has 0 atom stereocenters. The number of aromatic nitrogens is 2. The molecule has 0 aliphatic carbocycles. The third-order valence-corrected chi connectivity index (χ3v) is 13.8. The fourth-order valence-electron chi connectivity index (χ4n) is 9.26. The van der Waals surface area contributed by atoms with Crippen molar-refractivity contribution in [3.63, 3.8) is 0 Å². The van der Waals surface area contributed by atoms with Gasteiger partial charge in [-0.1, -0.05) is 218 Å². The fourth-order valence-corrected chi connectivity index (χ4v) is 11.7. The Labute approximate surface area is 415 Å². The van der Waals surface area contributed by atoms with Gasteiger partial charge in [-0.2, -0.15) is 0 Å². The monoisotopic (exact) mass is 942 g/mol. The molecule has 0 aliphatic rings. The van der Waals surface area contributed by atoms with E-state index in [4.69, 9.17) is 8.85 Å². The number of nitrogens with zero attached hydrogens (tertiary/aromatic N) is 2. The second kappa shape index (κ2) is 20.5. The Bertz CT molecular complexity index is 3150. The maximum Gasteiger partial charge on any atom is 0.186 e. The molecule has 8 aromatic carbocycles. The van der Waals surface area contributed by atoms with Crippen LogP contribution in [-0.2, 0) is 20.1 Å². The van der Waals surface area contributed by atoms with E-state index < -0.39 is 27.8 Å². The standard InChI is InChI=1S/2C32H29NOSi/c2*1-35(2,3)34-32(26-16-6-4-7-17-26,27-18-8-5-9-19-27)24-14-15-25-33-30-22-12-10-20-28(30)29-21-11-13-23-31(29)33/h2*4-13,15-23,25H,1-3H3/b2*25-15+. The summed E-state index contributed by atoms with van der Waals surface area (Å²) >= 11 is 0. The van der Waals surface area contributed by atoms with Gasteiger partial charge in [-0.15, -0.1) is 0 Å². The van der Waals surface area contributed by atoms with Gasteiger partial charge in [0.2, 0.25) is 0 Å². The molecule has 2 aromatic heterocycles. The second-order valence-electron chi connectivity index (χ2n) is 19.2. The lowest BCUT2D eigenvalue weighted by Crippen LogP contribution is -2.40. The van der Waals surface area contributed by atoms with E-state index in [1.165, 1.54) is 43.6 Å². The number of para-hydroxylation sites is 4. The number of fused-ring (bicyclic) bond motifs is 6. The summed E-state index contributed by atoms with van der Waals surface area (Å²) in [7, 11) is -3.95. The van der Waals surface area contributed by atoms with Gasteiger partial charge in [0, 0.05) is 46.1 Å². The summed E-state index contributed by atoms with van der Waals surface area (Å²) < 4.78 is 18.2. The molecule has 344 valence electrons. The molecule has 0 aliphatic heterocycles. The molecule has 70 heavy (non-hydrogen) atoms. The number of benzene rings is 8. The highest BCUT2D eigenvalue weighted by molar-refractivity contribution is 6.70. The van der Waals surface area contributed by atoms with Gasteiger partial charge in [0.25, 0.3) is 0 Å². The largest absolute Gasteiger partial charge is 0.395 e. The summed E-state index contributed by atoms with van der Waals surface area (Å²) in [6.45, 7) is 13.3. The molecule has 0 N–H and O–H groups in total. The highest BCUT2D eigenvalue weighted by Gasteiger charge is 2.39. The van der Waals surface area contributed by atoms with E-state index in [-0.39, 0.29) is 0 Å². The van der Waals surface area contributed by atoms with E-state index in [0.29, 0.717) is 0 Å². The molecule has 0 spiro atoms. The van der Waals surface area contributed by atoms with Gasteiger partial charge in [0.1, 0.15) is 0 Å². The van der Waals surface area contributed by atoms with Crippen LogP contribution in [0.2, 0.25) is 39.3 Å². The van der Waals surface area contributed by atoms with Crippen LogP contribution in [-0.4, -0.2) is 25.8 Å². The van der Waals surface area contributed by atoms with Gasteiger partial charge in [0.05, 0.1) is 22.1 Å². The van der Waals surface area contributed by atoms with E-state index >= 15 is 0 Å². The SMILES string of the molecule is C[Si](C)(C)OC(C#C/C=C/n1c2ccccc2c2ccccc21)(c1ccccc1)c1ccccc1.C[Si](C)(C)OC(C#C/C=C/n1c2ccccc2c2ccccc21)(c1ccccc1)c1ccccc1. The molecule has 4 nitrogen and oxygen atoms in total. The van der Waals surface area contributed by atoms with Gasteiger partial charge >= 0.3 is 0 Å². The normalized spacial score (nSPS) is 12.2. The van der Waals surface area contributed by atoms with E-state index in [1.807, 2.05) is 36.4 Å². The molecule has 2 heterocycles. The van der Waals surface area contributed by atoms with Crippen LogP contribution in [0.3, 0.4) is 0 Å². The first-order chi connectivity index (χ1) is 34.0. The number of hydrogen-bond donors (Lipinski definition) is 0. The summed E-state index contributed by atoms with van der Waals surface area (Å²) in [5.41, 5.74) is 7.20. The maximum absolute atomic E-state index is 6.90. The van der Waals surface area contributed by atoms with Gasteiger partial charge in [-0.3, -0.25) is 0 Å². The highest BCUT2D eigenvalue weighted by atomic mass is 28.4. The summed E-state index contributed by atoms with van der Waals surface area (Å²) in [5, 5.41) is 4.97. The van der Waals surface area contributed by atoms with Gasteiger partial charge in [-0.25, -0.2) is 0 Å². The molecular weight excluding hydrogens is 885 g/mol. The lowest BCUT2D eigenvalue weighted by molar-refractivity contribution is 0.166. The van der Waals surface area contributed by atoms with Crippen molar-refractivity contribution in [2.75, 3.05) is 0 Å². The zero-order valence-corrected chi connectivity index (χ0v) is 42.8. The van der Waals surface area contributed by atoms with Crippen LogP contribution in [0.5, 0.6) is 0 Å². The molecular formula is C64H58N2O2Si2. The van der Waals surface area contributed by atoms with Crippen molar-refractivity contribution in [1.82, 2.24) is 9.13 Å². The smallest absolute Gasteiger partial charge is 0.186 e. The quantitative estimate of drug-likeness (QED) is 0.101. The minimum absolute atomic E-state index is 0.835. The summed E-state index contributed by atoms with van der Waals surface area (Å²) in [4.78, 5) is 0. The van der Waals surface area contributed by atoms with Crippen LogP contribution in [0.15, 0.2) is 231 Å². The van der Waals surface area contributed by atoms with Crippen LogP contribution in [0, 0.1) is 23.7 Å². The van der Waals surface area contributed by atoms with Crippen molar-refractivity contribution in [1.29, 1.82) is 0 Å². The van der Waals surface area contributed by atoms with Crippen molar-refractivity contribution < 1.29 is 8.85 Å². The van der Waals surface area contributed by atoms with Gasteiger partial charge in [-0.05, 0) is 85.8 Å². The molecule has 0 bridgehead atoms. The predicted octanol–water partition coefficient (Wildman–Crippen LogP) is 16.1. The van der Waals surface area contributed by atoms with E-state index in [0.717, 1.165) is 22.3 Å². The molecule has 0 saturated carbocycles. The first-order valence-corrected chi connectivity index (χ1v) is 30.7. The fraction of sp³-hybridized carbons (Fsp3) is 0.125. The molecule has 10 rings (SSSR count). The molecule has 0 unspecified atom stereocenters. The molecule has 0 fully saturated rings. The van der Waals surface area contributed by atoms with Crippen LogP contribution in [0.25, 0.3) is 56.0 Å². The van der Waals surface area contributed by atoms with E-state index in [1.54, 1.807) is 0 Å². The van der Waals surface area contributed by atoms with Gasteiger partial charge in [0.15, 0.2) is 27.8 Å². The molecule has 0 saturated heterocycles. The van der Waals surface area contributed by atoms with Crippen molar-refractivity contribution in [2.24, 2.45) is 0 Å². The zero-order valence-electron chi connectivity index (χ0n) is 40.8. The topological polar surface area (TPSA) is 28.3 Å². The molecule has 6 heteroatoms. The first kappa shape index (κ1) is 47.4. The van der Waals surface area contributed by atoms with Crippen molar-refractivity contribution in [2.45, 2.75) is 50.5 Å². The molecule has 0 amide bonds. The average Bonchev–Trinajstić information content (AvgIpc) is 3.88. The number of hydrogen-bond acceptors (Lipinski definition) is 2. The first-order valence-electron chi connectivity index (χ1n) is 23.9.